The van der Waals surface area contributed by atoms with E-state index in [1.54, 1.807) is 12.1 Å². The summed E-state index contributed by atoms with van der Waals surface area (Å²) in [4.78, 5) is 0. The highest BCUT2D eigenvalue weighted by Gasteiger charge is 2.13. The minimum atomic E-state index is -0.0497. The van der Waals surface area contributed by atoms with Gasteiger partial charge in [0.15, 0.2) is 0 Å². The Hall–Kier alpha value is -1.55. The normalized spacial score (nSPS) is 12.2. The molecule has 0 saturated heterocycles. The van der Waals surface area contributed by atoms with Gasteiger partial charge in [-0.1, -0.05) is 35.4 Å². The monoisotopic (exact) mass is 290 g/mol. The van der Waals surface area contributed by atoms with Gasteiger partial charge in [-0.05, 0) is 49.2 Å². The fourth-order valence-corrected chi connectivity index (χ4v) is 2.28. The molecule has 0 aliphatic heterocycles. The standard InChI is InChI=1S/C16H19ClN2O/c1-11-3-8-15(12(2)9-11)16(19-18)10-20-14-6-4-13(17)5-7-14/h3-9,16,19H,10,18H2,1-2H3. The van der Waals surface area contributed by atoms with Crippen molar-refractivity contribution >= 4 is 11.6 Å². The quantitative estimate of drug-likeness (QED) is 0.654. The fourth-order valence-electron chi connectivity index (χ4n) is 2.15. The first kappa shape index (κ1) is 14.9. The third kappa shape index (κ3) is 3.73. The Kier molecular flexibility index (Phi) is 5.01. The lowest BCUT2D eigenvalue weighted by Gasteiger charge is -2.19. The third-order valence-corrected chi connectivity index (χ3v) is 3.48. The Bertz CT molecular complexity index is 569. The first-order valence-electron chi connectivity index (χ1n) is 6.52. The van der Waals surface area contributed by atoms with Crippen molar-refractivity contribution in [3.05, 3.63) is 64.2 Å². The predicted molar refractivity (Wildman–Crippen MR) is 82.9 cm³/mol. The highest BCUT2D eigenvalue weighted by atomic mass is 35.5. The van der Waals surface area contributed by atoms with Gasteiger partial charge in [0.25, 0.3) is 0 Å². The minimum absolute atomic E-state index is 0.0497. The van der Waals surface area contributed by atoms with E-state index < -0.39 is 0 Å². The molecule has 106 valence electrons. The van der Waals surface area contributed by atoms with Crippen LogP contribution in [-0.4, -0.2) is 6.61 Å². The van der Waals surface area contributed by atoms with Crippen molar-refractivity contribution in [2.45, 2.75) is 19.9 Å². The number of hydrazine groups is 1. The number of halogens is 1. The maximum Gasteiger partial charge on any atom is 0.119 e. The second-order valence-electron chi connectivity index (χ2n) is 4.84. The molecule has 4 heteroatoms. The molecular weight excluding hydrogens is 272 g/mol. The molecule has 0 aliphatic rings. The van der Waals surface area contributed by atoms with Gasteiger partial charge in [0.05, 0.1) is 6.04 Å². The van der Waals surface area contributed by atoms with Crippen molar-refractivity contribution in [2.75, 3.05) is 6.61 Å². The van der Waals surface area contributed by atoms with Crippen LogP contribution in [-0.2, 0) is 0 Å². The predicted octanol–water partition coefficient (Wildman–Crippen LogP) is 3.54. The van der Waals surface area contributed by atoms with Crippen LogP contribution in [0.1, 0.15) is 22.7 Å². The van der Waals surface area contributed by atoms with Crippen LogP contribution >= 0.6 is 11.6 Å². The Morgan fingerprint density at radius 3 is 2.45 bits per heavy atom. The maximum absolute atomic E-state index is 5.85. The first-order valence-corrected chi connectivity index (χ1v) is 6.89. The molecule has 0 bridgehead atoms. The van der Waals surface area contributed by atoms with Crippen LogP contribution in [0.3, 0.4) is 0 Å². The van der Waals surface area contributed by atoms with Crippen molar-refractivity contribution in [3.63, 3.8) is 0 Å². The summed E-state index contributed by atoms with van der Waals surface area (Å²) in [5, 5.41) is 0.695. The molecule has 20 heavy (non-hydrogen) atoms. The second-order valence-corrected chi connectivity index (χ2v) is 5.28. The minimum Gasteiger partial charge on any atom is -0.492 e. The lowest BCUT2D eigenvalue weighted by molar-refractivity contribution is 0.267. The zero-order chi connectivity index (χ0) is 14.5. The summed E-state index contributed by atoms with van der Waals surface area (Å²) in [7, 11) is 0. The number of hydrogen-bond donors (Lipinski definition) is 2. The molecule has 1 atom stereocenters. The number of nitrogens with one attached hydrogen (secondary N) is 1. The van der Waals surface area contributed by atoms with E-state index in [1.807, 2.05) is 12.1 Å². The van der Waals surface area contributed by atoms with Crippen molar-refractivity contribution in [2.24, 2.45) is 5.84 Å². The molecule has 3 nitrogen and oxygen atoms in total. The molecule has 2 aromatic rings. The average molecular weight is 291 g/mol. The number of ether oxygens (including phenoxy) is 1. The Morgan fingerprint density at radius 2 is 1.85 bits per heavy atom. The van der Waals surface area contributed by atoms with Crippen LogP contribution < -0.4 is 16.0 Å². The van der Waals surface area contributed by atoms with Crippen LogP contribution in [0.25, 0.3) is 0 Å². The molecule has 0 spiro atoms. The van der Waals surface area contributed by atoms with Gasteiger partial charge in [-0.3, -0.25) is 5.84 Å². The zero-order valence-corrected chi connectivity index (χ0v) is 12.4. The lowest BCUT2D eigenvalue weighted by Crippen LogP contribution is -2.32. The molecule has 0 fully saturated rings. The number of hydrogen-bond acceptors (Lipinski definition) is 3. The van der Waals surface area contributed by atoms with Crippen LogP contribution in [0.15, 0.2) is 42.5 Å². The van der Waals surface area contributed by atoms with Crippen molar-refractivity contribution in [3.8, 4) is 5.75 Å². The fraction of sp³-hybridized carbons (Fsp3) is 0.250. The van der Waals surface area contributed by atoms with Crippen LogP contribution in [0.2, 0.25) is 5.02 Å². The topological polar surface area (TPSA) is 47.3 Å². The van der Waals surface area contributed by atoms with Crippen molar-refractivity contribution in [1.29, 1.82) is 0 Å². The highest BCUT2D eigenvalue weighted by Crippen LogP contribution is 2.21. The van der Waals surface area contributed by atoms with E-state index in [2.05, 4.69) is 37.5 Å². The molecular formula is C16H19ClN2O. The maximum atomic E-state index is 5.85. The molecule has 0 aromatic heterocycles. The molecule has 2 rings (SSSR count). The van der Waals surface area contributed by atoms with E-state index in [9.17, 15) is 0 Å². The number of nitrogens with two attached hydrogens (primary N) is 1. The van der Waals surface area contributed by atoms with Gasteiger partial charge in [-0.25, -0.2) is 5.43 Å². The van der Waals surface area contributed by atoms with Gasteiger partial charge in [-0.15, -0.1) is 0 Å². The molecule has 3 N–H and O–H groups in total. The molecule has 0 aliphatic carbocycles. The smallest absolute Gasteiger partial charge is 0.119 e. The summed E-state index contributed by atoms with van der Waals surface area (Å²) < 4.78 is 5.75. The van der Waals surface area contributed by atoms with Gasteiger partial charge in [0.2, 0.25) is 0 Å². The van der Waals surface area contributed by atoms with Crippen LogP contribution in [0, 0.1) is 13.8 Å². The van der Waals surface area contributed by atoms with Crippen molar-refractivity contribution in [1.82, 2.24) is 5.43 Å². The van der Waals surface area contributed by atoms with E-state index >= 15 is 0 Å². The third-order valence-electron chi connectivity index (χ3n) is 3.23. The molecule has 0 radical (unpaired) electrons. The first-order chi connectivity index (χ1) is 9.60. The van der Waals surface area contributed by atoms with E-state index in [4.69, 9.17) is 22.2 Å². The molecule has 2 aromatic carbocycles. The largest absolute Gasteiger partial charge is 0.492 e. The summed E-state index contributed by atoms with van der Waals surface area (Å²) in [6.45, 7) is 4.61. The molecule has 0 amide bonds. The van der Waals surface area contributed by atoms with Gasteiger partial charge >= 0.3 is 0 Å². The van der Waals surface area contributed by atoms with Gasteiger partial charge in [-0.2, -0.15) is 0 Å². The number of benzene rings is 2. The Morgan fingerprint density at radius 1 is 1.15 bits per heavy atom. The molecule has 0 heterocycles. The van der Waals surface area contributed by atoms with E-state index in [1.165, 1.54) is 11.1 Å². The molecule has 0 saturated carbocycles. The molecule has 1 unspecified atom stereocenters. The summed E-state index contributed by atoms with van der Waals surface area (Å²) in [6, 6.07) is 13.6. The highest BCUT2D eigenvalue weighted by molar-refractivity contribution is 6.30. The number of rotatable bonds is 5. The summed E-state index contributed by atoms with van der Waals surface area (Å²) >= 11 is 5.85. The summed E-state index contributed by atoms with van der Waals surface area (Å²) in [5.41, 5.74) is 6.39. The van der Waals surface area contributed by atoms with E-state index in [0.717, 1.165) is 11.3 Å². The zero-order valence-electron chi connectivity index (χ0n) is 11.7. The summed E-state index contributed by atoms with van der Waals surface area (Å²) in [6.07, 6.45) is 0. The Labute approximate surface area is 124 Å². The van der Waals surface area contributed by atoms with Gasteiger partial charge < -0.3 is 4.74 Å². The van der Waals surface area contributed by atoms with E-state index in [-0.39, 0.29) is 6.04 Å². The van der Waals surface area contributed by atoms with Crippen molar-refractivity contribution < 1.29 is 4.74 Å². The van der Waals surface area contributed by atoms with Crippen LogP contribution in [0.4, 0.5) is 0 Å². The lowest BCUT2D eigenvalue weighted by atomic mass is 10.00. The van der Waals surface area contributed by atoms with Gasteiger partial charge in [0.1, 0.15) is 12.4 Å². The van der Waals surface area contributed by atoms with Gasteiger partial charge in [0, 0.05) is 5.02 Å². The summed E-state index contributed by atoms with van der Waals surface area (Å²) in [5.74, 6) is 6.43. The van der Waals surface area contributed by atoms with Crippen LogP contribution in [0.5, 0.6) is 5.75 Å². The SMILES string of the molecule is Cc1ccc(C(COc2ccc(Cl)cc2)NN)c(C)c1. The second kappa shape index (κ2) is 6.75. The average Bonchev–Trinajstić information content (AvgIpc) is 2.43. The Balaban J connectivity index is 2.07. The van der Waals surface area contributed by atoms with E-state index in [0.29, 0.717) is 11.6 Å². The number of aryl methyl sites for hydroxylation is 2.